The van der Waals surface area contributed by atoms with E-state index in [-0.39, 0.29) is 18.0 Å². The van der Waals surface area contributed by atoms with E-state index < -0.39 is 0 Å². The van der Waals surface area contributed by atoms with Crippen LogP contribution in [0.3, 0.4) is 0 Å². The Hall–Kier alpha value is -0.610. The molecule has 0 radical (unpaired) electrons. The normalized spacial score (nSPS) is 24.8. The van der Waals surface area contributed by atoms with Crippen LogP contribution < -0.4 is 5.73 Å². The predicted octanol–water partition coefficient (Wildman–Crippen LogP) is 0.361. The number of rotatable bonds is 3. The van der Waals surface area contributed by atoms with E-state index in [9.17, 15) is 4.79 Å². The molecule has 0 aromatic carbocycles. The van der Waals surface area contributed by atoms with Crippen molar-refractivity contribution >= 4 is 5.91 Å². The summed E-state index contributed by atoms with van der Waals surface area (Å²) in [5.41, 5.74) is 5.79. The number of amides is 1. The van der Waals surface area contributed by atoms with Gasteiger partial charge in [-0.25, -0.2) is 0 Å². The van der Waals surface area contributed by atoms with Crippen LogP contribution in [0.1, 0.15) is 26.7 Å². The van der Waals surface area contributed by atoms with Crippen molar-refractivity contribution in [1.82, 2.24) is 4.90 Å². The first kappa shape index (κ1) is 11.5. The number of ether oxygens (including phenoxy) is 1. The van der Waals surface area contributed by atoms with E-state index in [4.69, 9.17) is 10.5 Å². The lowest BCUT2D eigenvalue weighted by molar-refractivity contribution is -0.140. The van der Waals surface area contributed by atoms with Crippen molar-refractivity contribution in [3.8, 4) is 0 Å². The van der Waals surface area contributed by atoms with Crippen LogP contribution in [-0.2, 0) is 9.53 Å². The second kappa shape index (κ2) is 5.32. The number of nitrogens with two attached hydrogens (primary N) is 1. The second-order valence-corrected chi connectivity index (χ2v) is 3.85. The maximum atomic E-state index is 11.8. The Bertz CT molecular complexity index is 197. The molecule has 1 aliphatic rings. The highest BCUT2D eigenvalue weighted by Crippen LogP contribution is 2.09. The third-order valence-electron chi connectivity index (χ3n) is 2.57. The van der Waals surface area contributed by atoms with E-state index in [1.54, 1.807) is 0 Å². The van der Waals surface area contributed by atoms with Gasteiger partial charge in [-0.1, -0.05) is 13.3 Å². The summed E-state index contributed by atoms with van der Waals surface area (Å²) in [6.07, 6.45) is 1.72. The number of hydrogen-bond donors (Lipinski definition) is 1. The molecule has 1 heterocycles. The summed E-state index contributed by atoms with van der Waals surface area (Å²) >= 11 is 0. The van der Waals surface area contributed by atoms with E-state index in [0.29, 0.717) is 19.8 Å². The standard InChI is InChI=1S/C10H20N2O2/c1-3-4-9(11)10(13)12-5-6-14-7-8(12)2/h8-9H,3-7,11H2,1-2H3. The predicted molar refractivity (Wildman–Crippen MR) is 54.9 cm³/mol. The largest absolute Gasteiger partial charge is 0.377 e. The molecule has 1 aliphatic heterocycles. The molecule has 0 aliphatic carbocycles. The highest BCUT2D eigenvalue weighted by molar-refractivity contribution is 5.82. The average Bonchev–Trinajstić information content (AvgIpc) is 2.18. The Balaban J connectivity index is 2.49. The van der Waals surface area contributed by atoms with Crippen molar-refractivity contribution in [3.63, 3.8) is 0 Å². The molecule has 82 valence electrons. The minimum Gasteiger partial charge on any atom is -0.377 e. The molecule has 4 heteroatoms. The van der Waals surface area contributed by atoms with E-state index >= 15 is 0 Å². The quantitative estimate of drug-likeness (QED) is 0.715. The summed E-state index contributed by atoms with van der Waals surface area (Å²) in [6, 6.07) is -0.167. The molecule has 2 N–H and O–H groups in total. The van der Waals surface area contributed by atoms with Gasteiger partial charge >= 0.3 is 0 Å². The summed E-state index contributed by atoms with van der Waals surface area (Å²) in [6.45, 7) is 5.97. The Labute approximate surface area is 85.4 Å². The van der Waals surface area contributed by atoms with Gasteiger partial charge in [0.1, 0.15) is 0 Å². The maximum Gasteiger partial charge on any atom is 0.239 e. The fraction of sp³-hybridized carbons (Fsp3) is 0.900. The van der Waals surface area contributed by atoms with Crippen LogP contribution in [0.25, 0.3) is 0 Å². The lowest BCUT2D eigenvalue weighted by Crippen LogP contribution is -2.52. The molecular weight excluding hydrogens is 180 g/mol. The molecule has 1 fully saturated rings. The summed E-state index contributed by atoms with van der Waals surface area (Å²) in [5, 5.41) is 0. The van der Waals surface area contributed by atoms with Crippen LogP contribution in [0.5, 0.6) is 0 Å². The Morgan fingerprint density at radius 3 is 3.00 bits per heavy atom. The molecule has 0 aromatic heterocycles. The highest BCUT2D eigenvalue weighted by atomic mass is 16.5. The molecule has 4 nitrogen and oxygen atoms in total. The second-order valence-electron chi connectivity index (χ2n) is 3.85. The van der Waals surface area contributed by atoms with Crippen molar-refractivity contribution in [3.05, 3.63) is 0 Å². The number of hydrogen-bond acceptors (Lipinski definition) is 3. The summed E-state index contributed by atoms with van der Waals surface area (Å²) < 4.78 is 5.27. The van der Waals surface area contributed by atoms with Gasteiger partial charge in [0.15, 0.2) is 0 Å². The van der Waals surface area contributed by atoms with E-state index in [0.717, 1.165) is 12.8 Å². The Morgan fingerprint density at radius 2 is 2.43 bits per heavy atom. The first-order valence-corrected chi connectivity index (χ1v) is 5.30. The zero-order chi connectivity index (χ0) is 10.6. The topological polar surface area (TPSA) is 55.6 Å². The smallest absolute Gasteiger partial charge is 0.239 e. The van der Waals surface area contributed by atoms with E-state index in [1.807, 2.05) is 18.7 Å². The van der Waals surface area contributed by atoms with Gasteiger partial charge < -0.3 is 15.4 Å². The first-order chi connectivity index (χ1) is 6.66. The van der Waals surface area contributed by atoms with Gasteiger partial charge in [-0.05, 0) is 13.3 Å². The zero-order valence-corrected chi connectivity index (χ0v) is 9.03. The van der Waals surface area contributed by atoms with E-state index in [1.165, 1.54) is 0 Å². The lowest BCUT2D eigenvalue weighted by atomic mass is 10.1. The molecule has 2 unspecified atom stereocenters. The molecule has 1 rings (SSSR count). The van der Waals surface area contributed by atoms with Crippen LogP contribution in [0.4, 0.5) is 0 Å². The number of carbonyl (C=O) groups excluding carboxylic acids is 1. The Kier molecular flexibility index (Phi) is 4.35. The fourth-order valence-electron chi connectivity index (χ4n) is 1.70. The van der Waals surface area contributed by atoms with Crippen LogP contribution in [0, 0.1) is 0 Å². The van der Waals surface area contributed by atoms with Crippen LogP contribution in [0.2, 0.25) is 0 Å². The van der Waals surface area contributed by atoms with Gasteiger partial charge in [-0.3, -0.25) is 4.79 Å². The van der Waals surface area contributed by atoms with Gasteiger partial charge in [0, 0.05) is 6.54 Å². The third-order valence-corrected chi connectivity index (χ3v) is 2.57. The van der Waals surface area contributed by atoms with Crippen LogP contribution in [-0.4, -0.2) is 42.6 Å². The highest BCUT2D eigenvalue weighted by Gasteiger charge is 2.26. The lowest BCUT2D eigenvalue weighted by Gasteiger charge is -2.34. The summed E-state index contributed by atoms with van der Waals surface area (Å²) in [5.74, 6) is 0.0719. The molecule has 1 amide bonds. The molecule has 0 spiro atoms. The molecule has 0 bridgehead atoms. The fourth-order valence-corrected chi connectivity index (χ4v) is 1.70. The molecule has 0 aromatic rings. The monoisotopic (exact) mass is 200 g/mol. The minimum atomic E-state index is -0.333. The minimum absolute atomic E-state index is 0.0719. The number of morpholine rings is 1. The van der Waals surface area contributed by atoms with Crippen molar-refractivity contribution in [2.75, 3.05) is 19.8 Å². The Morgan fingerprint density at radius 1 is 1.71 bits per heavy atom. The number of nitrogens with zero attached hydrogens (tertiary/aromatic N) is 1. The molecule has 2 atom stereocenters. The van der Waals surface area contributed by atoms with Crippen molar-refractivity contribution in [2.24, 2.45) is 5.73 Å². The van der Waals surface area contributed by atoms with Gasteiger partial charge in [-0.2, -0.15) is 0 Å². The van der Waals surface area contributed by atoms with Gasteiger partial charge in [0.2, 0.25) is 5.91 Å². The van der Waals surface area contributed by atoms with Crippen molar-refractivity contribution < 1.29 is 9.53 Å². The first-order valence-electron chi connectivity index (χ1n) is 5.30. The zero-order valence-electron chi connectivity index (χ0n) is 9.03. The van der Waals surface area contributed by atoms with Crippen LogP contribution in [0.15, 0.2) is 0 Å². The van der Waals surface area contributed by atoms with Crippen molar-refractivity contribution in [2.45, 2.75) is 38.8 Å². The van der Waals surface area contributed by atoms with Crippen LogP contribution >= 0.6 is 0 Å². The maximum absolute atomic E-state index is 11.8. The molecule has 1 saturated heterocycles. The average molecular weight is 200 g/mol. The summed E-state index contributed by atoms with van der Waals surface area (Å²) in [7, 11) is 0. The van der Waals surface area contributed by atoms with Gasteiger partial charge in [0.05, 0.1) is 25.3 Å². The number of carbonyl (C=O) groups is 1. The SMILES string of the molecule is CCCC(N)C(=O)N1CCOCC1C. The van der Waals surface area contributed by atoms with Crippen molar-refractivity contribution in [1.29, 1.82) is 0 Å². The molecule has 14 heavy (non-hydrogen) atoms. The molecular formula is C10H20N2O2. The van der Waals surface area contributed by atoms with Gasteiger partial charge in [-0.15, -0.1) is 0 Å². The van der Waals surface area contributed by atoms with E-state index in [2.05, 4.69) is 0 Å². The van der Waals surface area contributed by atoms with Gasteiger partial charge in [0.25, 0.3) is 0 Å². The summed E-state index contributed by atoms with van der Waals surface area (Å²) in [4.78, 5) is 13.7. The third kappa shape index (κ3) is 2.69. The molecule has 0 saturated carbocycles.